The molecule has 0 saturated carbocycles. The van der Waals surface area contributed by atoms with E-state index in [1.807, 2.05) is 0 Å². The second kappa shape index (κ2) is 4.19. The van der Waals surface area contributed by atoms with Crippen molar-refractivity contribution in [1.29, 1.82) is 0 Å². The summed E-state index contributed by atoms with van der Waals surface area (Å²) < 4.78 is 0. The zero-order valence-corrected chi connectivity index (χ0v) is 10.5. The summed E-state index contributed by atoms with van der Waals surface area (Å²) in [5, 5.41) is 10.7. The van der Waals surface area contributed by atoms with Crippen LogP contribution in [-0.2, 0) is 5.60 Å². The molecule has 0 aromatic heterocycles. The Labute approximate surface area is 97.9 Å². The molecule has 2 nitrogen and oxygen atoms in total. The van der Waals surface area contributed by atoms with Crippen molar-refractivity contribution in [2.24, 2.45) is 0 Å². The van der Waals surface area contributed by atoms with E-state index in [2.05, 4.69) is 44.0 Å². The summed E-state index contributed by atoms with van der Waals surface area (Å²) in [5.41, 5.74) is 2.98. The van der Waals surface area contributed by atoms with Gasteiger partial charge >= 0.3 is 0 Å². The number of likely N-dealkylation sites (tertiary alicyclic amines) is 1. The Kier molecular flexibility index (Phi) is 3.04. The summed E-state index contributed by atoms with van der Waals surface area (Å²) in [5.74, 6) is 0. The number of rotatable bonds is 1. The first-order valence-corrected chi connectivity index (χ1v) is 6.00. The number of piperidine rings is 1. The van der Waals surface area contributed by atoms with E-state index in [4.69, 9.17) is 0 Å². The number of likely N-dealkylation sites (N-methyl/N-ethyl adjacent to an activating group) is 1. The summed E-state index contributed by atoms with van der Waals surface area (Å²) in [6.07, 6.45) is 1.94. The first-order chi connectivity index (χ1) is 7.51. The van der Waals surface area contributed by atoms with Gasteiger partial charge in [0.2, 0.25) is 0 Å². The maximum Gasteiger partial charge on any atom is 0.102 e. The van der Waals surface area contributed by atoms with Crippen molar-refractivity contribution in [2.75, 3.05) is 20.1 Å². The van der Waals surface area contributed by atoms with Crippen molar-refractivity contribution in [3.05, 3.63) is 34.9 Å². The van der Waals surface area contributed by atoms with Crippen LogP contribution in [0.2, 0.25) is 0 Å². The van der Waals surface area contributed by atoms with Crippen molar-refractivity contribution >= 4 is 0 Å². The molecule has 1 unspecified atom stereocenters. The Morgan fingerprint density at radius 2 is 2.00 bits per heavy atom. The third-order valence-corrected chi connectivity index (χ3v) is 3.71. The second-order valence-electron chi connectivity index (χ2n) is 5.17. The molecule has 16 heavy (non-hydrogen) atoms. The minimum absolute atomic E-state index is 0.647. The van der Waals surface area contributed by atoms with Crippen LogP contribution in [0.4, 0.5) is 0 Å². The molecule has 0 amide bonds. The van der Waals surface area contributed by atoms with Gasteiger partial charge in [-0.3, -0.25) is 0 Å². The predicted molar refractivity (Wildman–Crippen MR) is 66.5 cm³/mol. The van der Waals surface area contributed by atoms with Gasteiger partial charge in [0.05, 0.1) is 0 Å². The molecule has 88 valence electrons. The highest BCUT2D eigenvalue weighted by molar-refractivity contribution is 5.33. The summed E-state index contributed by atoms with van der Waals surface area (Å²) in [7, 11) is 2.07. The molecule has 1 aliphatic rings. The molecular weight excluding hydrogens is 198 g/mol. The zero-order chi connectivity index (χ0) is 11.8. The number of aliphatic hydroxyl groups is 1. The molecule has 1 N–H and O–H groups in total. The molecule has 1 heterocycles. The summed E-state index contributed by atoms with van der Waals surface area (Å²) in [6, 6.07) is 6.31. The van der Waals surface area contributed by atoms with Crippen LogP contribution >= 0.6 is 0 Å². The molecule has 2 heteroatoms. The van der Waals surface area contributed by atoms with Gasteiger partial charge in [-0.2, -0.15) is 0 Å². The largest absolute Gasteiger partial charge is 0.384 e. The van der Waals surface area contributed by atoms with Gasteiger partial charge in [-0.1, -0.05) is 18.2 Å². The van der Waals surface area contributed by atoms with Crippen LogP contribution in [0.1, 0.15) is 29.5 Å². The zero-order valence-electron chi connectivity index (χ0n) is 10.5. The number of β-amino-alcohol motifs (C(OH)–C–C–N with tert-alkyl or cyclic N) is 1. The van der Waals surface area contributed by atoms with E-state index in [0.717, 1.165) is 31.5 Å². The van der Waals surface area contributed by atoms with Crippen LogP contribution in [-0.4, -0.2) is 30.1 Å². The van der Waals surface area contributed by atoms with Gasteiger partial charge < -0.3 is 10.0 Å². The summed E-state index contributed by atoms with van der Waals surface area (Å²) in [6.45, 7) is 6.05. The lowest BCUT2D eigenvalue weighted by molar-refractivity contribution is -0.0278. The highest BCUT2D eigenvalue weighted by Gasteiger charge is 2.33. The molecule has 0 aliphatic carbocycles. The third kappa shape index (κ3) is 2.13. The van der Waals surface area contributed by atoms with E-state index >= 15 is 0 Å². The van der Waals surface area contributed by atoms with Crippen LogP contribution < -0.4 is 0 Å². The second-order valence-corrected chi connectivity index (χ2v) is 5.17. The first-order valence-electron chi connectivity index (χ1n) is 6.00. The monoisotopic (exact) mass is 219 g/mol. The Bertz CT molecular complexity index is 388. The average molecular weight is 219 g/mol. The van der Waals surface area contributed by atoms with Gasteiger partial charge in [-0.15, -0.1) is 0 Å². The van der Waals surface area contributed by atoms with Crippen molar-refractivity contribution in [3.63, 3.8) is 0 Å². The lowest BCUT2D eigenvalue weighted by Gasteiger charge is -2.38. The van der Waals surface area contributed by atoms with Crippen LogP contribution in [0, 0.1) is 13.8 Å². The molecule has 1 atom stereocenters. The highest BCUT2D eigenvalue weighted by atomic mass is 16.3. The van der Waals surface area contributed by atoms with Crippen LogP contribution in [0.25, 0.3) is 0 Å². The molecule has 0 spiro atoms. The van der Waals surface area contributed by atoms with Crippen molar-refractivity contribution < 1.29 is 5.11 Å². The number of hydrogen-bond acceptors (Lipinski definition) is 2. The van der Waals surface area contributed by atoms with Crippen molar-refractivity contribution in [2.45, 2.75) is 32.3 Å². The molecule has 0 radical (unpaired) electrons. The summed E-state index contributed by atoms with van der Waals surface area (Å²) in [4.78, 5) is 2.21. The molecule has 1 aromatic carbocycles. The molecule has 1 aromatic rings. The Hall–Kier alpha value is -0.860. The van der Waals surface area contributed by atoms with E-state index < -0.39 is 5.60 Å². The highest BCUT2D eigenvalue weighted by Crippen LogP contribution is 2.31. The Morgan fingerprint density at radius 3 is 2.62 bits per heavy atom. The van der Waals surface area contributed by atoms with E-state index in [1.54, 1.807) is 0 Å². The maximum atomic E-state index is 10.7. The quantitative estimate of drug-likeness (QED) is 0.783. The number of aryl methyl sites for hydroxylation is 2. The molecule has 1 saturated heterocycles. The van der Waals surface area contributed by atoms with Gasteiger partial charge in [0.25, 0.3) is 0 Å². The molecule has 2 rings (SSSR count). The average Bonchev–Trinajstić information content (AvgIpc) is 2.21. The minimum Gasteiger partial charge on any atom is -0.384 e. The first kappa shape index (κ1) is 11.6. The Balaban J connectivity index is 2.31. The number of benzene rings is 1. The summed E-state index contributed by atoms with van der Waals surface area (Å²) >= 11 is 0. The van der Waals surface area contributed by atoms with E-state index in [9.17, 15) is 5.11 Å². The van der Waals surface area contributed by atoms with Gasteiger partial charge in [0.1, 0.15) is 5.60 Å². The van der Waals surface area contributed by atoms with Crippen LogP contribution in [0.5, 0.6) is 0 Å². The van der Waals surface area contributed by atoms with E-state index in [0.29, 0.717) is 0 Å². The lowest BCUT2D eigenvalue weighted by Crippen LogP contribution is -2.44. The molecule has 1 fully saturated rings. The van der Waals surface area contributed by atoms with E-state index in [-0.39, 0.29) is 0 Å². The fraction of sp³-hybridized carbons (Fsp3) is 0.571. The lowest BCUT2D eigenvalue weighted by atomic mass is 9.85. The van der Waals surface area contributed by atoms with Gasteiger partial charge in [0.15, 0.2) is 0 Å². The minimum atomic E-state index is -0.647. The topological polar surface area (TPSA) is 23.5 Å². The SMILES string of the molecule is Cc1ccc(C2(O)CCCN(C)C2)cc1C. The number of hydrogen-bond donors (Lipinski definition) is 1. The van der Waals surface area contributed by atoms with Crippen LogP contribution in [0.3, 0.4) is 0 Å². The predicted octanol–water partition coefficient (Wildman–Crippen LogP) is 2.22. The smallest absolute Gasteiger partial charge is 0.102 e. The molecule has 1 aliphatic heterocycles. The number of nitrogens with zero attached hydrogens (tertiary/aromatic N) is 1. The Morgan fingerprint density at radius 1 is 1.25 bits per heavy atom. The molecular formula is C14H21NO. The molecule has 0 bridgehead atoms. The van der Waals surface area contributed by atoms with Crippen molar-refractivity contribution in [3.8, 4) is 0 Å². The van der Waals surface area contributed by atoms with Gasteiger partial charge in [0, 0.05) is 6.54 Å². The third-order valence-electron chi connectivity index (χ3n) is 3.71. The normalized spacial score (nSPS) is 27.0. The van der Waals surface area contributed by atoms with Gasteiger partial charge in [-0.05, 0) is 57.0 Å². The maximum absolute atomic E-state index is 10.7. The fourth-order valence-corrected chi connectivity index (χ4v) is 2.51. The van der Waals surface area contributed by atoms with Crippen LogP contribution in [0.15, 0.2) is 18.2 Å². The van der Waals surface area contributed by atoms with Gasteiger partial charge in [-0.25, -0.2) is 0 Å². The fourth-order valence-electron chi connectivity index (χ4n) is 2.51. The standard InChI is InChI=1S/C14H21NO/c1-11-5-6-13(9-12(11)2)14(16)7-4-8-15(3)10-14/h5-6,9,16H,4,7-8,10H2,1-3H3. The van der Waals surface area contributed by atoms with E-state index in [1.165, 1.54) is 11.1 Å². The van der Waals surface area contributed by atoms with Crippen molar-refractivity contribution in [1.82, 2.24) is 4.90 Å².